The molecule has 1 amide bonds. The summed E-state index contributed by atoms with van der Waals surface area (Å²) in [6.07, 6.45) is 1.22. The molecule has 0 aliphatic carbocycles. The first-order valence-electron chi connectivity index (χ1n) is 6.85. The molecule has 0 saturated carbocycles. The molecule has 0 fully saturated rings. The van der Waals surface area contributed by atoms with Crippen molar-refractivity contribution < 1.29 is 14.3 Å². The lowest BCUT2D eigenvalue weighted by molar-refractivity contribution is -0.115. The zero-order valence-electron chi connectivity index (χ0n) is 12.1. The van der Waals surface area contributed by atoms with Gasteiger partial charge in [0, 0.05) is 24.4 Å². The summed E-state index contributed by atoms with van der Waals surface area (Å²) in [5.74, 6) is -0.444. The van der Waals surface area contributed by atoms with Crippen LogP contribution >= 0.6 is 11.3 Å². The number of nitrogens with zero attached hydrogens (tertiary/aromatic N) is 1. The first-order valence-corrected chi connectivity index (χ1v) is 7.67. The Labute approximate surface area is 122 Å². The smallest absolute Gasteiger partial charge is 0.341 e. The molecule has 1 aromatic rings. The number of carbonyl (C=O) groups is 2. The van der Waals surface area contributed by atoms with E-state index >= 15 is 0 Å². The van der Waals surface area contributed by atoms with Crippen LogP contribution < -0.4 is 5.32 Å². The van der Waals surface area contributed by atoms with E-state index in [-0.39, 0.29) is 11.9 Å². The first kappa shape index (κ1) is 15.0. The van der Waals surface area contributed by atoms with E-state index in [1.165, 1.54) is 18.4 Å². The Bertz CT molecular complexity index is 525. The highest BCUT2D eigenvalue weighted by atomic mass is 32.1. The molecular formula is C14H20N2O3S. The quantitative estimate of drug-likeness (QED) is 0.866. The molecule has 6 heteroatoms. The number of hydrogen-bond acceptors (Lipinski definition) is 5. The molecule has 2 rings (SSSR count). The molecule has 0 atom stereocenters. The van der Waals surface area contributed by atoms with E-state index in [2.05, 4.69) is 17.1 Å². The average molecular weight is 296 g/mol. The molecule has 20 heavy (non-hydrogen) atoms. The van der Waals surface area contributed by atoms with E-state index < -0.39 is 0 Å². The number of anilines is 1. The lowest BCUT2D eigenvalue weighted by Crippen LogP contribution is -2.29. The number of methoxy groups -OCH3 is 1. The van der Waals surface area contributed by atoms with E-state index in [1.807, 2.05) is 0 Å². The van der Waals surface area contributed by atoms with Crippen molar-refractivity contribution in [1.29, 1.82) is 0 Å². The number of nitrogens with one attached hydrogen (secondary N) is 1. The number of esters is 1. The average Bonchev–Trinajstić information content (AvgIpc) is 2.82. The van der Waals surface area contributed by atoms with Crippen LogP contribution in [0, 0.1) is 0 Å². The van der Waals surface area contributed by atoms with Crippen LogP contribution in [-0.4, -0.2) is 37.0 Å². The molecule has 0 bridgehead atoms. The number of thiophene rings is 1. The minimum Gasteiger partial charge on any atom is -0.465 e. The number of likely N-dealkylation sites (N-methyl/N-ethyl adjacent to an activating group) is 1. The summed E-state index contributed by atoms with van der Waals surface area (Å²) >= 11 is 1.49. The fourth-order valence-corrected chi connectivity index (χ4v) is 3.64. The second-order valence-corrected chi connectivity index (χ2v) is 5.83. The van der Waals surface area contributed by atoms with Crippen molar-refractivity contribution in [2.75, 3.05) is 25.5 Å². The summed E-state index contributed by atoms with van der Waals surface area (Å²) in [5, 5.41) is 3.46. The lowest BCUT2D eigenvalue weighted by atomic mass is 10.0. The van der Waals surface area contributed by atoms with Crippen molar-refractivity contribution in [2.45, 2.75) is 33.2 Å². The number of rotatable bonds is 4. The highest BCUT2D eigenvalue weighted by Crippen LogP contribution is 2.37. The molecule has 2 heterocycles. The fraction of sp³-hybridized carbons (Fsp3) is 0.571. The molecule has 0 saturated heterocycles. The van der Waals surface area contributed by atoms with Gasteiger partial charge in [0.1, 0.15) is 5.00 Å². The van der Waals surface area contributed by atoms with Gasteiger partial charge in [0.25, 0.3) is 0 Å². The maximum atomic E-state index is 12.0. The highest BCUT2D eigenvalue weighted by molar-refractivity contribution is 7.17. The van der Waals surface area contributed by atoms with Crippen LogP contribution in [0.5, 0.6) is 0 Å². The number of hydrogen-bond donors (Lipinski definition) is 1. The zero-order valence-corrected chi connectivity index (χ0v) is 12.9. The van der Waals surface area contributed by atoms with Crippen molar-refractivity contribution in [3.05, 3.63) is 16.0 Å². The summed E-state index contributed by atoms with van der Waals surface area (Å²) < 4.78 is 4.87. The van der Waals surface area contributed by atoms with Gasteiger partial charge in [-0.05, 0) is 18.5 Å². The Balaban J connectivity index is 2.38. The Morgan fingerprint density at radius 3 is 2.75 bits per heavy atom. The SMILES string of the molecule is CCC(=O)Nc1sc2c(c1C(=O)OC)CCN(CC)C2. The van der Waals surface area contributed by atoms with E-state index in [1.54, 1.807) is 6.92 Å². The van der Waals surface area contributed by atoms with Gasteiger partial charge >= 0.3 is 5.97 Å². The monoisotopic (exact) mass is 296 g/mol. The van der Waals surface area contributed by atoms with Crippen LogP contribution in [0.1, 0.15) is 41.1 Å². The maximum absolute atomic E-state index is 12.0. The second-order valence-electron chi connectivity index (χ2n) is 4.72. The Kier molecular flexibility index (Phi) is 4.77. The van der Waals surface area contributed by atoms with Crippen LogP contribution in [0.4, 0.5) is 5.00 Å². The van der Waals surface area contributed by atoms with Crippen LogP contribution in [0.15, 0.2) is 0 Å². The largest absolute Gasteiger partial charge is 0.465 e. The molecule has 0 spiro atoms. The van der Waals surface area contributed by atoms with Gasteiger partial charge < -0.3 is 10.1 Å². The van der Waals surface area contributed by atoms with Gasteiger partial charge in [0.05, 0.1) is 12.7 Å². The van der Waals surface area contributed by atoms with Gasteiger partial charge in [-0.2, -0.15) is 0 Å². The Morgan fingerprint density at radius 1 is 1.40 bits per heavy atom. The molecule has 110 valence electrons. The van der Waals surface area contributed by atoms with Gasteiger partial charge in [-0.1, -0.05) is 13.8 Å². The normalized spacial score (nSPS) is 14.8. The third-order valence-electron chi connectivity index (χ3n) is 3.55. The minimum absolute atomic E-state index is 0.0823. The van der Waals surface area contributed by atoms with Gasteiger partial charge in [0.2, 0.25) is 5.91 Å². The molecule has 1 aliphatic heterocycles. The Morgan fingerprint density at radius 2 is 2.15 bits per heavy atom. The summed E-state index contributed by atoms with van der Waals surface area (Å²) in [5.41, 5.74) is 1.59. The number of carbonyl (C=O) groups excluding carboxylic acids is 2. The molecule has 1 N–H and O–H groups in total. The van der Waals surface area contributed by atoms with Crippen molar-refractivity contribution in [3.8, 4) is 0 Å². The van der Waals surface area contributed by atoms with E-state index in [4.69, 9.17) is 4.74 Å². The molecule has 1 aliphatic rings. The number of fused-ring (bicyclic) bond motifs is 1. The summed E-state index contributed by atoms with van der Waals surface area (Å²) in [6.45, 7) is 6.68. The third-order valence-corrected chi connectivity index (χ3v) is 4.68. The standard InChI is InChI=1S/C14H20N2O3S/c1-4-11(17)15-13-12(14(18)19-3)9-6-7-16(5-2)8-10(9)20-13/h4-8H2,1-3H3,(H,15,17). The van der Waals surface area contributed by atoms with Crippen LogP contribution in [0.3, 0.4) is 0 Å². The predicted molar refractivity (Wildman–Crippen MR) is 79.2 cm³/mol. The first-order chi connectivity index (χ1) is 9.60. The summed E-state index contributed by atoms with van der Waals surface area (Å²) in [4.78, 5) is 27.1. The Hall–Kier alpha value is -1.40. The predicted octanol–water partition coefficient (Wildman–Crippen LogP) is 2.26. The van der Waals surface area contributed by atoms with E-state index in [0.717, 1.165) is 36.5 Å². The van der Waals surface area contributed by atoms with E-state index in [9.17, 15) is 9.59 Å². The topological polar surface area (TPSA) is 58.6 Å². The zero-order chi connectivity index (χ0) is 14.7. The van der Waals surface area contributed by atoms with Gasteiger partial charge in [-0.15, -0.1) is 11.3 Å². The summed E-state index contributed by atoms with van der Waals surface area (Å²) in [6, 6.07) is 0. The summed E-state index contributed by atoms with van der Waals surface area (Å²) in [7, 11) is 1.37. The van der Waals surface area contributed by atoms with Crippen LogP contribution in [0.25, 0.3) is 0 Å². The number of ether oxygens (including phenoxy) is 1. The van der Waals surface area contributed by atoms with Crippen LogP contribution in [0.2, 0.25) is 0 Å². The van der Waals surface area contributed by atoms with Crippen LogP contribution in [-0.2, 0) is 22.5 Å². The molecule has 0 aromatic carbocycles. The van der Waals surface area contributed by atoms with Gasteiger partial charge in [-0.3, -0.25) is 9.69 Å². The number of amides is 1. The molecular weight excluding hydrogens is 276 g/mol. The molecule has 5 nitrogen and oxygen atoms in total. The maximum Gasteiger partial charge on any atom is 0.341 e. The second kappa shape index (κ2) is 6.37. The highest BCUT2D eigenvalue weighted by Gasteiger charge is 2.28. The third kappa shape index (κ3) is 2.86. The fourth-order valence-electron chi connectivity index (χ4n) is 2.35. The van der Waals surface area contributed by atoms with Crippen molar-refractivity contribution in [2.24, 2.45) is 0 Å². The van der Waals surface area contributed by atoms with Crippen molar-refractivity contribution in [1.82, 2.24) is 4.90 Å². The van der Waals surface area contributed by atoms with Crippen molar-refractivity contribution in [3.63, 3.8) is 0 Å². The van der Waals surface area contributed by atoms with Crippen molar-refractivity contribution >= 4 is 28.2 Å². The van der Waals surface area contributed by atoms with Gasteiger partial charge in [0.15, 0.2) is 0 Å². The minimum atomic E-state index is -0.362. The molecule has 0 unspecified atom stereocenters. The molecule has 1 aromatic heterocycles. The van der Waals surface area contributed by atoms with Gasteiger partial charge in [-0.25, -0.2) is 4.79 Å². The lowest BCUT2D eigenvalue weighted by Gasteiger charge is -2.25. The molecule has 0 radical (unpaired) electrons. The van der Waals surface area contributed by atoms with E-state index in [0.29, 0.717) is 17.0 Å².